The fourth-order valence-corrected chi connectivity index (χ4v) is 3.36. The average Bonchev–Trinajstić information content (AvgIpc) is 2.63. The minimum Gasteiger partial charge on any atom is -0.375 e. The van der Waals surface area contributed by atoms with Gasteiger partial charge in [0.15, 0.2) is 5.96 Å². The van der Waals surface area contributed by atoms with Gasteiger partial charge in [0.2, 0.25) is 0 Å². The number of nitrogens with zero attached hydrogens (tertiary/aromatic N) is 2. The molecule has 9 heteroatoms. The van der Waals surface area contributed by atoms with Gasteiger partial charge in [0.05, 0.1) is 13.1 Å². The van der Waals surface area contributed by atoms with Crippen LogP contribution in [0.15, 0.2) is 29.3 Å². The van der Waals surface area contributed by atoms with Crippen LogP contribution in [0, 0.1) is 0 Å². The average molecular weight is 531 g/mol. The maximum absolute atomic E-state index is 12.5. The summed E-state index contributed by atoms with van der Waals surface area (Å²) in [7, 11) is 1.65. The number of methoxy groups -OCH3 is 1. The molecule has 2 rings (SSSR count). The van der Waals surface area contributed by atoms with Crippen molar-refractivity contribution in [2.75, 3.05) is 39.8 Å². The molecule has 1 aliphatic heterocycles. The van der Waals surface area contributed by atoms with Crippen LogP contribution in [0.4, 0.5) is 8.78 Å². The van der Waals surface area contributed by atoms with Crippen LogP contribution in [-0.4, -0.2) is 63.2 Å². The number of nitrogens with one attached hydrogen (secondary N) is 2. The van der Waals surface area contributed by atoms with E-state index in [2.05, 4.69) is 15.6 Å². The molecule has 0 saturated carbocycles. The molecule has 160 valence electrons. The Bertz CT molecular complexity index is 601. The van der Waals surface area contributed by atoms with Gasteiger partial charge in [0, 0.05) is 37.8 Å². The number of alkyl halides is 2. The van der Waals surface area contributed by atoms with Crippen molar-refractivity contribution in [2.24, 2.45) is 4.99 Å². The standard InChI is InChI=1S/C19H29ClF2N4O.HI/c1-3-23-19(25-16-7-9-26(10-8-16)13-18(21)22)24-12-17(27-2)14-5-4-6-15(20)11-14;/h4-6,11,16-18H,3,7-10,12-13H2,1-2H3,(H2,23,24,25);1H. The summed E-state index contributed by atoms with van der Waals surface area (Å²) in [5.41, 5.74) is 0.977. The van der Waals surface area contributed by atoms with Gasteiger partial charge in [-0.2, -0.15) is 0 Å². The number of hydrogen-bond acceptors (Lipinski definition) is 3. The Morgan fingerprint density at radius 3 is 2.64 bits per heavy atom. The summed E-state index contributed by atoms with van der Waals surface area (Å²) in [4.78, 5) is 6.46. The molecule has 2 N–H and O–H groups in total. The van der Waals surface area contributed by atoms with Crippen molar-refractivity contribution in [3.63, 3.8) is 0 Å². The van der Waals surface area contributed by atoms with Crippen LogP contribution in [0.5, 0.6) is 0 Å². The summed E-state index contributed by atoms with van der Waals surface area (Å²) in [6.07, 6.45) is -0.823. The smallest absolute Gasteiger partial charge is 0.251 e. The molecule has 1 fully saturated rings. The first-order valence-electron chi connectivity index (χ1n) is 9.35. The van der Waals surface area contributed by atoms with Crippen LogP contribution in [0.1, 0.15) is 31.4 Å². The maximum atomic E-state index is 12.5. The van der Waals surface area contributed by atoms with E-state index in [-0.39, 0.29) is 42.7 Å². The molecule has 0 amide bonds. The second-order valence-electron chi connectivity index (χ2n) is 6.61. The van der Waals surface area contributed by atoms with E-state index in [0.717, 1.165) is 24.9 Å². The van der Waals surface area contributed by atoms with Crippen molar-refractivity contribution >= 4 is 41.5 Å². The van der Waals surface area contributed by atoms with Crippen molar-refractivity contribution in [1.82, 2.24) is 15.5 Å². The van der Waals surface area contributed by atoms with Gasteiger partial charge in [-0.05, 0) is 37.5 Å². The van der Waals surface area contributed by atoms with E-state index in [0.29, 0.717) is 30.6 Å². The zero-order valence-corrected chi connectivity index (χ0v) is 19.4. The first-order chi connectivity index (χ1) is 13.0. The van der Waals surface area contributed by atoms with Crippen LogP contribution < -0.4 is 10.6 Å². The summed E-state index contributed by atoms with van der Waals surface area (Å²) < 4.78 is 30.6. The number of piperidine rings is 1. The summed E-state index contributed by atoms with van der Waals surface area (Å²) in [5, 5.41) is 7.32. The van der Waals surface area contributed by atoms with Gasteiger partial charge >= 0.3 is 0 Å². The Balaban J connectivity index is 0.00000392. The minimum absolute atomic E-state index is 0. The second kappa shape index (κ2) is 13.5. The van der Waals surface area contributed by atoms with Gasteiger partial charge in [0.1, 0.15) is 6.10 Å². The van der Waals surface area contributed by atoms with Gasteiger partial charge in [0.25, 0.3) is 6.43 Å². The van der Waals surface area contributed by atoms with Crippen molar-refractivity contribution in [2.45, 2.75) is 38.3 Å². The first-order valence-corrected chi connectivity index (χ1v) is 9.73. The fraction of sp³-hybridized carbons (Fsp3) is 0.632. The number of aliphatic imine (C=N–C) groups is 1. The van der Waals surface area contributed by atoms with Crippen molar-refractivity contribution < 1.29 is 13.5 Å². The number of halogens is 4. The second-order valence-corrected chi connectivity index (χ2v) is 7.05. The highest BCUT2D eigenvalue weighted by atomic mass is 127. The maximum Gasteiger partial charge on any atom is 0.251 e. The molecule has 0 radical (unpaired) electrons. The molecule has 0 spiro atoms. The Kier molecular flexibility index (Phi) is 12.2. The molecule has 0 aromatic heterocycles. The van der Waals surface area contributed by atoms with E-state index in [1.54, 1.807) is 7.11 Å². The normalized spacial score (nSPS) is 17.3. The van der Waals surface area contributed by atoms with Crippen LogP contribution in [0.3, 0.4) is 0 Å². The predicted octanol–water partition coefficient (Wildman–Crippen LogP) is 3.93. The third kappa shape index (κ3) is 8.75. The molecule has 5 nitrogen and oxygen atoms in total. The number of hydrogen-bond donors (Lipinski definition) is 2. The van der Waals surface area contributed by atoms with Crippen LogP contribution in [0.25, 0.3) is 0 Å². The molecular formula is C19H30ClF2IN4O. The number of rotatable bonds is 8. The number of benzene rings is 1. The SMILES string of the molecule is CCNC(=NCC(OC)c1cccc(Cl)c1)NC1CCN(CC(F)F)CC1.I. The monoisotopic (exact) mass is 530 g/mol. The van der Waals surface area contributed by atoms with Gasteiger partial charge in [-0.15, -0.1) is 24.0 Å². The zero-order valence-electron chi connectivity index (χ0n) is 16.3. The highest BCUT2D eigenvalue weighted by Crippen LogP contribution is 2.20. The topological polar surface area (TPSA) is 48.9 Å². The molecule has 1 heterocycles. The van der Waals surface area contributed by atoms with Gasteiger partial charge in [-0.3, -0.25) is 9.89 Å². The zero-order chi connectivity index (χ0) is 19.6. The lowest BCUT2D eigenvalue weighted by molar-refractivity contribution is 0.0744. The van der Waals surface area contributed by atoms with E-state index in [4.69, 9.17) is 16.3 Å². The first kappa shape index (κ1) is 25.3. The third-order valence-corrected chi connectivity index (χ3v) is 4.82. The number of ether oxygens (including phenoxy) is 1. The van der Waals surface area contributed by atoms with E-state index < -0.39 is 6.43 Å². The van der Waals surface area contributed by atoms with Gasteiger partial charge < -0.3 is 15.4 Å². The quantitative estimate of drug-likeness (QED) is 0.304. The van der Waals surface area contributed by atoms with Crippen molar-refractivity contribution in [3.8, 4) is 0 Å². The molecule has 1 aromatic rings. The predicted molar refractivity (Wildman–Crippen MR) is 121 cm³/mol. The molecule has 0 aliphatic carbocycles. The molecule has 1 aromatic carbocycles. The lowest BCUT2D eigenvalue weighted by Gasteiger charge is -2.32. The lowest BCUT2D eigenvalue weighted by Crippen LogP contribution is -2.49. The molecule has 28 heavy (non-hydrogen) atoms. The molecule has 1 unspecified atom stereocenters. The van der Waals surface area contributed by atoms with Gasteiger partial charge in [-0.25, -0.2) is 8.78 Å². The Morgan fingerprint density at radius 2 is 2.07 bits per heavy atom. The summed E-state index contributed by atoms with van der Waals surface area (Å²) in [5.74, 6) is 0.717. The summed E-state index contributed by atoms with van der Waals surface area (Å²) in [6, 6.07) is 7.79. The van der Waals surface area contributed by atoms with Crippen LogP contribution in [0.2, 0.25) is 5.02 Å². The van der Waals surface area contributed by atoms with E-state index in [1.165, 1.54) is 0 Å². The van der Waals surface area contributed by atoms with Crippen molar-refractivity contribution in [1.29, 1.82) is 0 Å². The molecule has 1 saturated heterocycles. The molecular weight excluding hydrogens is 501 g/mol. The number of guanidine groups is 1. The highest BCUT2D eigenvalue weighted by molar-refractivity contribution is 14.0. The van der Waals surface area contributed by atoms with Crippen LogP contribution in [-0.2, 0) is 4.74 Å². The van der Waals surface area contributed by atoms with Crippen molar-refractivity contribution in [3.05, 3.63) is 34.9 Å². The largest absolute Gasteiger partial charge is 0.375 e. The van der Waals surface area contributed by atoms with E-state index in [9.17, 15) is 8.78 Å². The Hall–Kier alpha value is -0.710. The van der Waals surface area contributed by atoms with Gasteiger partial charge in [-0.1, -0.05) is 23.7 Å². The highest BCUT2D eigenvalue weighted by Gasteiger charge is 2.22. The van der Waals surface area contributed by atoms with Crippen LogP contribution >= 0.6 is 35.6 Å². The van der Waals surface area contributed by atoms with E-state index in [1.807, 2.05) is 36.1 Å². The fourth-order valence-electron chi connectivity index (χ4n) is 3.17. The minimum atomic E-state index is -2.27. The lowest BCUT2D eigenvalue weighted by atomic mass is 10.1. The Labute approximate surface area is 188 Å². The number of likely N-dealkylation sites (tertiary alicyclic amines) is 1. The molecule has 0 bridgehead atoms. The van der Waals surface area contributed by atoms with E-state index >= 15 is 0 Å². The Morgan fingerprint density at radius 1 is 1.36 bits per heavy atom. The summed E-state index contributed by atoms with van der Waals surface area (Å²) in [6.45, 7) is 4.40. The third-order valence-electron chi connectivity index (χ3n) is 4.59. The molecule has 1 aliphatic rings. The molecule has 1 atom stereocenters. The summed E-state index contributed by atoms with van der Waals surface area (Å²) >= 11 is 6.06.